The number of hydrogen-bond donors (Lipinski definition) is 0. The van der Waals surface area contributed by atoms with Crippen molar-refractivity contribution < 1.29 is 0 Å². The van der Waals surface area contributed by atoms with Crippen LogP contribution in [0.25, 0.3) is 11.1 Å². The Morgan fingerprint density at radius 3 is 2.18 bits per heavy atom. The summed E-state index contributed by atoms with van der Waals surface area (Å²) in [5.41, 5.74) is 3.66. The van der Waals surface area contributed by atoms with Gasteiger partial charge in [0.1, 0.15) is 0 Å². The predicted octanol–water partition coefficient (Wildman–Crippen LogP) is 3.83. The summed E-state index contributed by atoms with van der Waals surface area (Å²) in [5, 5.41) is 4.40. The van der Waals surface area contributed by atoms with Gasteiger partial charge in [0.05, 0.1) is 12.2 Å². The molecule has 3 heteroatoms. The first-order chi connectivity index (χ1) is 10.7. The van der Waals surface area contributed by atoms with Gasteiger partial charge < -0.3 is 0 Å². The third-order valence-corrected chi connectivity index (χ3v) is 3.98. The maximum atomic E-state index is 12.7. The minimum atomic E-state index is -0.0859. The maximum absolute atomic E-state index is 12.7. The molecule has 0 bridgehead atoms. The van der Waals surface area contributed by atoms with E-state index in [1.807, 2.05) is 74.5 Å². The molecule has 0 spiro atoms. The summed E-state index contributed by atoms with van der Waals surface area (Å²) in [5.74, 6) is 0. The molecule has 3 aromatic rings. The molecular formula is C19H18N2O. The Morgan fingerprint density at radius 2 is 1.55 bits per heavy atom. The first kappa shape index (κ1) is 14.3. The van der Waals surface area contributed by atoms with Gasteiger partial charge in [0.25, 0.3) is 5.56 Å². The van der Waals surface area contributed by atoms with Crippen LogP contribution in [-0.2, 0) is 0 Å². The lowest BCUT2D eigenvalue weighted by molar-refractivity contribution is 0.529. The topological polar surface area (TPSA) is 34.9 Å². The lowest BCUT2D eigenvalue weighted by atomic mass is 10.0. The first-order valence-electron chi connectivity index (χ1n) is 7.37. The molecule has 1 atom stereocenters. The fraction of sp³-hybridized carbons (Fsp3) is 0.158. The molecule has 2 aromatic carbocycles. The van der Waals surface area contributed by atoms with E-state index in [-0.39, 0.29) is 11.6 Å². The van der Waals surface area contributed by atoms with Crippen LogP contribution in [0.2, 0.25) is 0 Å². The van der Waals surface area contributed by atoms with Gasteiger partial charge in [-0.25, -0.2) is 4.68 Å². The van der Waals surface area contributed by atoms with Gasteiger partial charge in [-0.1, -0.05) is 60.7 Å². The fourth-order valence-corrected chi connectivity index (χ4v) is 2.61. The third-order valence-electron chi connectivity index (χ3n) is 3.98. The molecule has 3 nitrogen and oxygen atoms in total. The normalized spacial score (nSPS) is 12.1. The summed E-state index contributed by atoms with van der Waals surface area (Å²) in [6, 6.07) is 19.7. The van der Waals surface area contributed by atoms with Crippen molar-refractivity contribution in [3.8, 4) is 11.1 Å². The Labute approximate surface area is 129 Å². The zero-order chi connectivity index (χ0) is 15.5. The van der Waals surface area contributed by atoms with E-state index in [9.17, 15) is 4.79 Å². The molecule has 1 heterocycles. The number of hydrogen-bond acceptors (Lipinski definition) is 2. The predicted molar refractivity (Wildman–Crippen MR) is 88.9 cm³/mol. The van der Waals surface area contributed by atoms with E-state index in [1.54, 1.807) is 10.9 Å². The van der Waals surface area contributed by atoms with Crippen molar-refractivity contribution in [3.05, 3.63) is 88.3 Å². The Kier molecular flexibility index (Phi) is 3.88. The Hall–Kier alpha value is -2.68. The fourth-order valence-electron chi connectivity index (χ4n) is 2.61. The van der Waals surface area contributed by atoms with Crippen molar-refractivity contribution in [1.82, 2.24) is 9.78 Å². The molecule has 1 unspecified atom stereocenters. The summed E-state index contributed by atoms with van der Waals surface area (Å²) in [4.78, 5) is 12.7. The van der Waals surface area contributed by atoms with Crippen LogP contribution in [0.3, 0.4) is 0 Å². The second-order valence-electron chi connectivity index (χ2n) is 5.39. The molecule has 0 radical (unpaired) electrons. The molecule has 0 N–H and O–H groups in total. The number of rotatable bonds is 3. The van der Waals surface area contributed by atoms with Crippen molar-refractivity contribution in [3.63, 3.8) is 0 Å². The van der Waals surface area contributed by atoms with E-state index in [4.69, 9.17) is 0 Å². The van der Waals surface area contributed by atoms with Crippen LogP contribution in [0, 0.1) is 6.92 Å². The highest BCUT2D eigenvalue weighted by Gasteiger charge is 2.14. The summed E-state index contributed by atoms with van der Waals surface area (Å²) in [7, 11) is 0. The minimum Gasteiger partial charge on any atom is -0.267 e. The van der Waals surface area contributed by atoms with Crippen LogP contribution >= 0.6 is 0 Å². The quantitative estimate of drug-likeness (QED) is 0.735. The van der Waals surface area contributed by atoms with Gasteiger partial charge in [-0.15, -0.1) is 0 Å². The van der Waals surface area contributed by atoms with E-state index in [1.165, 1.54) is 0 Å². The molecule has 0 aliphatic heterocycles. The highest BCUT2D eigenvalue weighted by atomic mass is 16.1. The Balaban J connectivity index is 2.06. The standard InChI is InChI=1S/C19H18N2O/c1-14-18(17-11-7-4-8-12-17)13-20-21(19(14)22)15(2)16-9-5-3-6-10-16/h3-13,15H,1-2H3. The molecular weight excluding hydrogens is 272 g/mol. The lowest BCUT2D eigenvalue weighted by Crippen LogP contribution is -2.28. The SMILES string of the molecule is Cc1c(-c2ccccc2)cnn(C(C)c2ccccc2)c1=O. The van der Waals surface area contributed by atoms with Gasteiger partial charge in [0.2, 0.25) is 0 Å². The zero-order valence-corrected chi connectivity index (χ0v) is 12.7. The second-order valence-corrected chi connectivity index (χ2v) is 5.39. The van der Waals surface area contributed by atoms with Crippen LogP contribution < -0.4 is 5.56 Å². The molecule has 110 valence electrons. The minimum absolute atomic E-state index is 0.0438. The van der Waals surface area contributed by atoms with Gasteiger partial charge in [-0.05, 0) is 25.0 Å². The van der Waals surface area contributed by atoms with E-state index in [0.29, 0.717) is 0 Å². The number of nitrogens with zero attached hydrogens (tertiary/aromatic N) is 2. The summed E-state index contributed by atoms with van der Waals surface area (Å²) >= 11 is 0. The van der Waals surface area contributed by atoms with Crippen molar-refractivity contribution in [2.45, 2.75) is 19.9 Å². The van der Waals surface area contributed by atoms with Crippen molar-refractivity contribution in [2.24, 2.45) is 0 Å². The Bertz CT molecular complexity index is 823. The van der Waals surface area contributed by atoms with Gasteiger partial charge in [0, 0.05) is 11.1 Å². The Morgan fingerprint density at radius 1 is 0.955 bits per heavy atom. The van der Waals surface area contributed by atoms with Gasteiger partial charge >= 0.3 is 0 Å². The molecule has 0 aliphatic rings. The molecule has 1 aromatic heterocycles. The van der Waals surface area contributed by atoms with Crippen LogP contribution in [0.15, 0.2) is 71.7 Å². The molecule has 0 saturated carbocycles. The summed E-state index contributed by atoms with van der Waals surface area (Å²) in [6.07, 6.45) is 1.78. The third kappa shape index (κ3) is 2.58. The van der Waals surface area contributed by atoms with E-state index < -0.39 is 0 Å². The molecule has 0 amide bonds. The van der Waals surface area contributed by atoms with Crippen LogP contribution in [0.1, 0.15) is 24.1 Å². The van der Waals surface area contributed by atoms with Gasteiger partial charge in [-0.2, -0.15) is 5.10 Å². The monoisotopic (exact) mass is 290 g/mol. The van der Waals surface area contributed by atoms with E-state index >= 15 is 0 Å². The van der Waals surface area contributed by atoms with Gasteiger partial charge in [-0.3, -0.25) is 4.79 Å². The van der Waals surface area contributed by atoms with Crippen molar-refractivity contribution in [1.29, 1.82) is 0 Å². The molecule has 0 fully saturated rings. The molecule has 3 rings (SSSR count). The van der Waals surface area contributed by atoms with E-state index in [0.717, 1.165) is 22.3 Å². The summed E-state index contributed by atoms with van der Waals surface area (Å²) < 4.78 is 1.55. The number of benzene rings is 2. The van der Waals surface area contributed by atoms with Crippen LogP contribution in [0.5, 0.6) is 0 Å². The second kappa shape index (κ2) is 5.98. The highest BCUT2D eigenvalue weighted by molar-refractivity contribution is 5.65. The lowest BCUT2D eigenvalue weighted by Gasteiger charge is -2.16. The molecule has 22 heavy (non-hydrogen) atoms. The molecule has 0 saturated heterocycles. The summed E-state index contributed by atoms with van der Waals surface area (Å²) in [6.45, 7) is 3.85. The maximum Gasteiger partial charge on any atom is 0.270 e. The average Bonchev–Trinajstić information content (AvgIpc) is 2.58. The van der Waals surface area contributed by atoms with Crippen LogP contribution in [0.4, 0.5) is 0 Å². The largest absolute Gasteiger partial charge is 0.270 e. The van der Waals surface area contributed by atoms with Crippen LogP contribution in [-0.4, -0.2) is 9.78 Å². The van der Waals surface area contributed by atoms with Crippen molar-refractivity contribution in [2.75, 3.05) is 0 Å². The number of aromatic nitrogens is 2. The smallest absolute Gasteiger partial charge is 0.267 e. The van der Waals surface area contributed by atoms with Gasteiger partial charge in [0.15, 0.2) is 0 Å². The zero-order valence-electron chi connectivity index (χ0n) is 12.7. The van der Waals surface area contributed by atoms with Crippen molar-refractivity contribution >= 4 is 0 Å². The average molecular weight is 290 g/mol. The highest BCUT2D eigenvalue weighted by Crippen LogP contribution is 2.21. The first-order valence-corrected chi connectivity index (χ1v) is 7.37. The molecule has 0 aliphatic carbocycles. The van der Waals surface area contributed by atoms with E-state index in [2.05, 4.69) is 5.10 Å².